The summed E-state index contributed by atoms with van der Waals surface area (Å²) in [6.07, 6.45) is 4.92. The molecule has 0 aromatic heterocycles. The van der Waals surface area contributed by atoms with Gasteiger partial charge < -0.3 is 4.90 Å². The minimum atomic E-state index is 0. The summed E-state index contributed by atoms with van der Waals surface area (Å²) in [4.78, 5) is 17.6. The fourth-order valence-corrected chi connectivity index (χ4v) is 4.61. The van der Waals surface area contributed by atoms with Gasteiger partial charge in [-0.2, -0.15) is 0 Å². The number of rotatable bonds is 3. The van der Waals surface area contributed by atoms with Crippen LogP contribution in [0.2, 0.25) is 0 Å². The zero-order chi connectivity index (χ0) is 18.6. The van der Waals surface area contributed by atoms with Gasteiger partial charge in [-0.15, -0.1) is 12.4 Å². The average molecular weight is 399 g/mol. The highest BCUT2D eigenvalue weighted by molar-refractivity contribution is 5.94. The zero-order valence-corrected chi connectivity index (χ0v) is 17.5. The summed E-state index contributed by atoms with van der Waals surface area (Å²) in [5, 5.41) is 0. The second kappa shape index (κ2) is 9.58. The van der Waals surface area contributed by atoms with E-state index < -0.39 is 0 Å². The minimum absolute atomic E-state index is 0. The molecule has 0 saturated carbocycles. The predicted molar refractivity (Wildman–Crippen MR) is 118 cm³/mol. The van der Waals surface area contributed by atoms with E-state index in [0.29, 0.717) is 6.04 Å². The Morgan fingerprint density at radius 1 is 0.857 bits per heavy atom. The van der Waals surface area contributed by atoms with Crippen molar-refractivity contribution in [3.8, 4) is 11.1 Å². The second-order valence-corrected chi connectivity index (χ2v) is 8.21. The second-order valence-electron chi connectivity index (χ2n) is 8.21. The van der Waals surface area contributed by atoms with E-state index in [9.17, 15) is 4.79 Å². The van der Waals surface area contributed by atoms with Gasteiger partial charge in [0.1, 0.15) is 0 Å². The van der Waals surface area contributed by atoms with Gasteiger partial charge in [-0.3, -0.25) is 9.69 Å². The summed E-state index contributed by atoms with van der Waals surface area (Å²) in [5.74, 6) is 1.00. The van der Waals surface area contributed by atoms with Gasteiger partial charge in [0.15, 0.2) is 0 Å². The van der Waals surface area contributed by atoms with E-state index in [4.69, 9.17) is 0 Å². The van der Waals surface area contributed by atoms with Gasteiger partial charge in [-0.25, -0.2) is 0 Å². The molecule has 0 radical (unpaired) electrons. The van der Waals surface area contributed by atoms with E-state index in [1.165, 1.54) is 31.5 Å². The van der Waals surface area contributed by atoms with Crippen molar-refractivity contribution in [3.05, 3.63) is 60.2 Å². The summed E-state index contributed by atoms with van der Waals surface area (Å²) in [7, 11) is 0. The molecule has 0 bridgehead atoms. The van der Waals surface area contributed by atoms with Gasteiger partial charge in [0, 0.05) is 31.2 Å². The lowest BCUT2D eigenvalue weighted by Crippen LogP contribution is -2.49. The number of amides is 1. The highest BCUT2D eigenvalue weighted by atomic mass is 35.5. The predicted octanol–water partition coefficient (Wildman–Crippen LogP) is 5.11. The molecule has 1 amide bonds. The third kappa shape index (κ3) is 4.76. The first kappa shape index (κ1) is 20.9. The fourth-order valence-electron chi connectivity index (χ4n) is 4.61. The van der Waals surface area contributed by atoms with Crippen LogP contribution in [0, 0.1) is 5.92 Å². The topological polar surface area (TPSA) is 23.6 Å². The highest BCUT2D eigenvalue weighted by Gasteiger charge is 2.29. The molecule has 2 aromatic carbocycles. The number of nitrogens with zero attached hydrogens (tertiary/aromatic N) is 2. The molecule has 150 valence electrons. The number of piperidine rings is 2. The first-order valence-electron chi connectivity index (χ1n) is 10.4. The van der Waals surface area contributed by atoms with E-state index in [-0.39, 0.29) is 18.3 Å². The van der Waals surface area contributed by atoms with Crippen molar-refractivity contribution in [2.45, 2.75) is 38.6 Å². The average Bonchev–Trinajstić information content (AvgIpc) is 2.74. The lowest BCUT2D eigenvalue weighted by molar-refractivity contribution is 0.0542. The normalized spacial score (nSPS) is 21.2. The van der Waals surface area contributed by atoms with Crippen LogP contribution in [-0.4, -0.2) is 47.9 Å². The third-order valence-electron chi connectivity index (χ3n) is 6.20. The lowest BCUT2D eigenvalue weighted by atomic mass is 9.95. The summed E-state index contributed by atoms with van der Waals surface area (Å²) < 4.78 is 0. The lowest BCUT2D eigenvalue weighted by Gasteiger charge is -2.41. The number of hydrogen-bond donors (Lipinski definition) is 0. The van der Waals surface area contributed by atoms with Gasteiger partial charge in [0.2, 0.25) is 0 Å². The third-order valence-corrected chi connectivity index (χ3v) is 6.20. The van der Waals surface area contributed by atoms with Crippen molar-refractivity contribution < 1.29 is 4.79 Å². The van der Waals surface area contributed by atoms with E-state index in [2.05, 4.69) is 36.1 Å². The summed E-state index contributed by atoms with van der Waals surface area (Å²) in [6.45, 7) is 6.61. The van der Waals surface area contributed by atoms with Crippen LogP contribution in [0.5, 0.6) is 0 Å². The molecule has 3 nitrogen and oxygen atoms in total. The largest absolute Gasteiger partial charge is 0.339 e. The number of likely N-dealkylation sites (tertiary alicyclic amines) is 2. The number of hydrogen-bond acceptors (Lipinski definition) is 2. The molecule has 1 atom stereocenters. The van der Waals surface area contributed by atoms with Gasteiger partial charge in [0.25, 0.3) is 5.91 Å². The van der Waals surface area contributed by atoms with E-state index in [1.807, 2.05) is 35.2 Å². The molecular formula is C24H31ClN2O. The van der Waals surface area contributed by atoms with E-state index in [1.54, 1.807) is 0 Å². The van der Waals surface area contributed by atoms with E-state index >= 15 is 0 Å². The van der Waals surface area contributed by atoms with Gasteiger partial charge in [-0.05, 0) is 61.4 Å². The van der Waals surface area contributed by atoms with Crippen LogP contribution in [0.15, 0.2) is 54.6 Å². The highest BCUT2D eigenvalue weighted by Crippen LogP contribution is 2.25. The molecule has 2 fully saturated rings. The molecule has 2 heterocycles. The number of halogens is 1. The van der Waals surface area contributed by atoms with Crippen molar-refractivity contribution in [1.29, 1.82) is 0 Å². The molecular weight excluding hydrogens is 368 g/mol. The molecule has 4 rings (SSSR count). The van der Waals surface area contributed by atoms with Crippen LogP contribution >= 0.6 is 12.4 Å². The maximum atomic E-state index is 12.9. The van der Waals surface area contributed by atoms with Crippen molar-refractivity contribution in [2.75, 3.05) is 26.2 Å². The monoisotopic (exact) mass is 398 g/mol. The van der Waals surface area contributed by atoms with Crippen LogP contribution in [0.25, 0.3) is 11.1 Å². The molecule has 2 aliphatic rings. The molecule has 0 spiro atoms. The summed E-state index contributed by atoms with van der Waals surface area (Å²) in [6, 6.07) is 19.0. The molecule has 2 aliphatic heterocycles. The van der Waals surface area contributed by atoms with Crippen molar-refractivity contribution in [3.63, 3.8) is 0 Å². The van der Waals surface area contributed by atoms with Crippen LogP contribution in [-0.2, 0) is 0 Å². The van der Waals surface area contributed by atoms with Gasteiger partial charge in [0.05, 0.1) is 0 Å². The molecule has 0 aliphatic carbocycles. The Balaban J connectivity index is 0.00000225. The van der Waals surface area contributed by atoms with Crippen molar-refractivity contribution in [1.82, 2.24) is 9.80 Å². The molecule has 4 heteroatoms. The summed E-state index contributed by atoms with van der Waals surface area (Å²) >= 11 is 0. The smallest absolute Gasteiger partial charge is 0.253 e. The SMILES string of the molecule is CC1CCCN(C2CCN(C(=O)c3ccc(-c4ccccc4)cc3)CC2)C1.Cl. The van der Waals surface area contributed by atoms with Crippen molar-refractivity contribution in [2.24, 2.45) is 5.92 Å². The molecule has 0 N–H and O–H groups in total. The molecule has 2 aromatic rings. The zero-order valence-electron chi connectivity index (χ0n) is 16.7. The Labute approximate surface area is 175 Å². The maximum absolute atomic E-state index is 12.9. The Kier molecular flexibility index (Phi) is 7.14. The van der Waals surface area contributed by atoms with Crippen LogP contribution in [0.3, 0.4) is 0 Å². The molecule has 28 heavy (non-hydrogen) atoms. The van der Waals surface area contributed by atoms with Gasteiger partial charge >= 0.3 is 0 Å². The fraction of sp³-hybridized carbons (Fsp3) is 0.458. The quantitative estimate of drug-likeness (QED) is 0.717. The Morgan fingerprint density at radius 2 is 1.50 bits per heavy atom. The number of carbonyl (C=O) groups is 1. The Morgan fingerprint density at radius 3 is 2.14 bits per heavy atom. The Bertz CT molecular complexity index is 754. The summed E-state index contributed by atoms with van der Waals surface area (Å²) in [5.41, 5.74) is 3.15. The van der Waals surface area contributed by atoms with Gasteiger partial charge in [-0.1, -0.05) is 49.4 Å². The minimum Gasteiger partial charge on any atom is -0.339 e. The van der Waals surface area contributed by atoms with Crippen molar-refractivity contribution >= 4 is 18.3 Å². The van der Waals surface area contributed by atoms with Crippen LogP contribution < -0.4 is 0 Å². The Hall–Kier alpha value is -1.84. The van der Waals surface area contributed by atoms with Crippen LogP contribution in [0.4, 0.5) is 0 Å². The van der Waals surface area contributed by atoms with E-state index in [0.717, 1.165) is 43.0 Å². The molecule has 1 unspecified atom stereocenters. The standard InChI is InChI=1S/C24H30N2O.ClH/c1-19-6-5-15-26(18-19)23-13-16-25(17-14-23)24(27)22-11-9-21(10-12-22)20-7-3-2-4-8-20;/h2-4,7-12,19,23H,5-6,13-18H2,1H3;1H. The molecule has 2 saturated heterocycles. The number of carbonyl (C=O) groups excluding carboxylic acids is 1. The first-order valence-corrected chi connectivity index (χ1v) is 10.4. The first-order chi connectivity index (χ1) is 13.2. The maximum Gasteiger partial charge on any atom is 0.253 e. The van der Waals surface area contributed by atoms with Crippen LogP contribution in [0.1, 0.15) is 43.0 Å². The number of benzene rings is 2.